The molecule has 0 saturated heterocycles. The summed E-state index contributed by atoms with van der Waals surface area (Å²) in [6.45, 7) is 6.14. The minimum Gasteiger partial charge on any atom is -0.372 e. The lowest BCUT2D eigenvalue weighted by molar-refractivity contribution is 0.102. The second-order valence-electron chi connectivity index (χ2n) is 6.34. The van der Waals surface area contributed by atoms with Gasteiger partial charge in [0.2, 0.25) is 5.95 Å². The summed E-state index contributed by atoms with van der Waals surface area (Å²) in [5.41, 5.74) is 3.28. The Labute approximate surface area is 165 Å². The zero-order valence-electron chi connectivity index (χ0n) is 16.5. The number of hydrogen-bond donors (Lipinski definition) is 1. The largest absolute Gasteiger partial charge is 0.372 e. The van der Waals surface area contributed by atoms with Crippen molar-refractivity contribution in [2.24, 2.45) is 0 Å². The number of hydrogen-bond acceptors (Lipinski definition) is 5. The summed E-state index contributed by atoms with van der Waals surface area (Å²) in [5.74, 6) is 0.302. The number of para-hydroxylation sites is 1. The molecule has 0 aliphatic heterocycles. The smallest absolute Gasteiger partial charge is 0.258 e. The Morgan fingerprint density at radius 3 is 2.07 bits per heavy atom. The molecule has 0 atom stereocenters. The SMILES string of the molecule is CCN(CC)c1ccc(NC(=O)c2cnc(N(C)c3ccccc3)nc2)cc1. The number of nitrogens with one attached hydrogen (secondary N) is 1. The molecule has 0 saturated carbocycles. The van der Waals surface area contributed by atoms with Crippen molar-refractivity contribution >= 4 is 28.9 Å². The molecule has 3 aromatic rings. The Morgan fingerprint density at radius 2 is 1.50 bits per heavy atom. The molecule has 2 aromatic carbocycles. The van der Waals surface area contributed by atoms with Crippen LogP contribution in [0.3, 0.4) is 0 Å². The van der Waals surface area contributed by atoms with E-state index in [1.54, 1.807) is 12.4 Å². The third-order valence-electron chi connectivity index (χ3n) is 4.60. The number of carbonyl (C=O) groups is 1. The molecule has 1 amide bonds. The Bertz CT molecular complexity index is 890. The molecule has 0 radical (unpaired) electrons. The van der Waals surface area contributed by atoms with E-state index < -0.39 is 0 Å². The Balaban J connectivity index is 1.66. The second-order valence-corrected chi connectivity index (χ2v) is 6.34. The number of benzene rings is 2. The summed E-state index contributed by atoms with van der Waals surface area (Å²) in [4.78, 5) is 25.3. The van der Waals surface area contributed by atoms with Crippen LogP contribution < -0.4 is 15.1 Å². The van der Waals surface area contributed by atoms with Crippen molar-refractivity contribution in [3.05, 3.63) is 72.6 Å². The monoisotopic (exact) mass is 375 g/mol. The molecule has 0 unspecified atom stereocenters. The molecule has 0 fully saturated rings. The summed E-state index contributed by atoms with van der Waals surface area (Å²) in [6, 6.07) is 17.7. The van der Waals surface area contributed by atoms with Crippen molar-refractivity contribution in [3.63, 3.8) is 0 Å². The van der Waals surface area contributed by atoms with Crippen LogP contribution in [0.1, 0.15) is 24.2 Å². The van der Waals surface area contributed by atoms with Crippen molar-refractivity contribution in [3.8, 4) is 0 Å². The molecule has 6 heteroatoms. The van der Waals surface area contributed by atoms with Gasteiger partial charge in [0.25, 0.3) is 5.91 Å². The van der Waals surface area contributed by atoms with E-state index in [2.05, 4.69) is 34.0 Å². The average Bonchev–Trinajstić information content (AvgIpc) is 2.76. The van der Waals surface area contributed by atoms with E-state index in [1.165, 1.54) is 0 Å². The van der Waals surface area contributed by atoms with Crippen LogP contribution in [-0.4, -0.2) is 36.0 Å². The van der Waals surface area contributed by atoms with Crippen LogP contribution in [0.5, 0.6) is 0 Å². The van der Waals surface area contributed by atoms with Crippen molar-refractivity contribution in [2.45, 2.75) is 13.8 Å². The topological polar surface area (TPSA) is 61.4 Å². The first-order valence-corrected chi connectivity index (χ1v) is 9.39. The van der Waals surface area contributed by atoms with E-state index in [1.807, 2.05) is 66.5 Å². The molecule has 0 aliphatic carbocycles. The van der Waals surface area contributed by atoms with Crippen LogP contribution in [0, 0.1) is 0 Å². The maximum atomic E-state index is 12.5. The van der Waals surface area contributed by atoms with Gasteiger partial charge in [-0.2, -0.15) is 0 Å². The Morgan fingerprint density at radius 1 is 0.893 bits per heavy atom. The van der Waals surface area contributed by atoms with Crippen molar-refractivity contribution < 1.29 is 4.79 Å². The molecule has 1 aromatic heterocycles. The minimum atomic E-state index is -0.232. The quantitative estimate of drug-likeness (QED) is 0.665. The van der Waals surface area contributed by atoms with Gasteiger partial charge in [-0.05, 0) is 50.2 Å². The maximum absolute atomic E-state index is 12.5. The highest BCUT2D eigenvalue weighted by atomic mass is 16.1. The summed E-state index contributed by atoms with van der Waals surface area (Å²) in [5, 5.41) is 2.89. The first-order chi connectivity index (χ1) is 13.6. The predicted molar refractivity (Wildman–Crippen MR) is 114 cm³/mol. The highest BCUT2D eigenvalue weighted by molar-refractivity contribution is 6.04. The van der Waals surface area contributed by atoms with Gasteiger partial charge in [-0.3, -0.25) is 4.79 Å². The van der Waals surface area contributed by atoms with Crippen molar-refractivity contribution in [1.29, 1.82) is 0 Å². The third-order valence-corrected chi connectivity index (χ3v) is 4.60. The van der Waals surface area contributed by atoms with Crippen LogP contribution in [0.25, 0.3) is 0 Å². The molecule has 0 aliphatic rings. The number of aromatic nitrogens is 2. The zero-order chi connectivity index (χ0) is 19.9. The molecular formula is C22H25N5O. The van der Waals surface area contributed by atoms with Gasteiger partial charge < -0.3 is 15.1 Å². The van der Waals surface area contributed by atoms with Gasteiger partial charge in [0, 0.05) is 49.6 Å². The van der Waals surface area contributed by atoms with E-state index in [0.29, 0.717) is 11.5 Å². The van der Waals surface area contributed by atoms with Crippen molar-refractivity contribution in [2.75, 3.05) is 35.3 Å². The number of anilines is 4. The minimum absolute atomic E-state index is 0.232. The molecule has 0 bridgehead atoms. The Kier molecular flexibility index (Phi) is 6.22. The van der Waals surface area contributed by atoms with Gasteiger partial charge in [0.1, 0.15) is 0 Å². The number of amides is 1. The molecule has 1 heterocycles. The Hall–Kier alpha value is -3.41. The van der Waals surface area contributed by atoms with Crippen LogP contribution >= 0.6 is 0 Å². The molecular weight excluding hydrogens is 350 g/mol. The summed E-state index contributed by atoms with van der Waals surface area (Å²) >= 11 is 0. The molecule has 28 heavy (non-hydrogen) atoms. The molecule has 144 valence electrons. The molecule has 1 N–H and O–H groups in total. The van der Waals surface area contributed by atoms with Gasteiger partial charge >= 0.3 is 0 Å². The number of rotatable bonds is 7. The predicted octanol–water partition coefficient (Wildman–Crippen LogP) is 4.34. The van der Waals surface area contributed by atoms with Crippen LogP contribution in [0.15, 0.2) is 67.0 Å². The normalized spacial score (nSPS) is 10.4. The highest BCUT2D eigenvalue weighted by Gasteiger charge is 2.11. The fourth-order valence-electron chi connectivity index (χ4n) is 2.93. The van der Waals surface area contributed by atoms with Gasteiger partial charge in [-0.25, -0.2) is 9.97 Å². The van der Waals surface area contributed by atoms with E-state index in [-0.39, 0.29) is 5.91 Å². The van der Waals surface area contributed by atoms with E-state index >= 15 is 0 Å². The van der Waals surface area contributed by atoms with E-state index in [4.69, 9.17) is 0 Å². The average molecular weight is 375 g/mol. The first-order valence-electron chi connectivity index (χ1n) is 9.39. The molecule has 0 spiro atoms. The van der Waals surface area contributed by atoms with Gasteiger partial charge in [0.05, 0.1) is 5.56 Å². The van der Waals surface area contributed by atoms with Gasteiger partial charge in [0.15, 0.2) is 0 Å². The maximum Gasteiger partial charge on any atom is 0.258 e. The molecule has 3 rings (SSSR count). The van der Waals surface area contributed by atoms with Gasteiger partial charge in [-0.15, -0.1) is 0 Å². The fraction of sp³-hybridized carbons (Fsp3) is 0.227. The summed E-state index contributed by atoms with van der Waals surface area (Å²) in [6.07, 6.45) is 3.09. The van der Waals surface area contributed by atoms with Crippen LogP contribution in [0.2, 0.25) is 0 Å². The van der Waals surface area contributed by atoms with Crippen LogP contribution in [0.4, 0.5) is 23.0 Å². The molecule has 6 nitrogen and oxygen atoms in total. The van der Waals surface area contributed by atoms with E-state index in [9.17, 15) is 4.79 Å². The summed E-state index contributed by atoms with van der Waals surface area (Å²) in [7, 11) is 1.89. The lowest BCUT2D eigenvalue weighted by atomic mass is 10.2. The summed E-state index contributed by atoms with van der Waals surface area (Å²) < 4.78 is 0. The van der Waals surface area contributed by atoms with E-state index in [0.717, 1.165) is 30.2 Å². The number of carbonyl (C=O) groups excluding carboxylic acids is 1. The number of nitrogens with zero attached hydrogens (tertiary/aromatic N) is 4. The lowest BCUT2D eigenvalue weighted by Gasteiger charge is -2.21. The van der Waals surface area contributed by atoms with Gasteiger partial charge in [-0.1, -0.05) is 18.2 Å². The second kappa shape index (κ2) is 8.99. The first kappa shape index (κ1) is 19.4. The zero-order valence-corrected chi connectivity index (χ0v) is 16.5. The fourth-order valence-corrected chi connectivity index (χ4v) is 2.93. The highest BCUT2D eigenvalue weighted by Crippen LogP contribution is 2.20. The van der Waals surface area contributed by atoms with Crippen molar-refractivity contribution in [1.82, 2.24) is 9.97 Å². The standard InChI is InChI=1S/C22H25N5O/c1-4-27(5-2)20-13-11-18(12-14-20)25-21(28)17-15-23-22(24-16-17)26(3)19-9-7-6-8-10-19/h6-16H,4-5H2,1-3H3,(H,25,28). The van der Waals surface area contributed by atoms with Crippen LogP contribution in [-0.2, 0) is 0 Å². The lowest BCUT2D eigenvalue weighted by Crippen LogP contribution is -2.21. The third kappa shape index (κ3) is 4.46.